The maximum atomic E-state index is 5.87. The average molecular weight is 227 g/mol. The van der Waals surface area contributed by atoms with Crippen LogP contribution in [0.2, 0.25) is 0 Å². The van der Waals surface area contributed by atoms with Crippen LogP contribution in [0.15, 0.2) is 40.8 Å². The first kappa shape index (κ1) is 10.6. The summed E-state index contributed by atoms with van der Waals surface area (Å²) in [5.74, 6) is 1.99. The first-order valence-electron chi connectivity index (χ1n) is 6.21. The molecule has 17 heavy (non-hydrogen) atoms. The monoisotopic (exact) mass is 227 g/mol. The van der Waals surface area contributed by atoms with Crippen molar-refractivity contribution < 1.29 is 4.42 Å². The quantitative estimate of drug-likeness (QED) is 0.864. The Balaban J connectivity index is 1.77. The van der Waals surface area contributed by atoms with Crippen molar-refractivity contribution in [3.05, 3.63) is 47.7 Å². The molecule has 0 aliphatic heterocycles. The Labute approximate surface area is 102 Å². The fraction of sp³-hybridized carbons (Fsp3) is 0.333. The van der Waals surface area contributed by atoms with Gasteiger partial charge in [-0.3, -0.25) is 0 Å². The van der Waals surface area contributed by atoms with Gasteiger partial charge in [-0.25, -0.2) is 0 Å². The second kappa shape index (κ2) is 4.38. The molecule has 3 rings (SSSR count). The predicted molar refractivity (Wildman–Crippen MR) is 68.7 cm³/mol. The van der Waals surface area contributed by atoms with E-state index < -0.39 is 0 Å². The highest BCUT2D eigenvalue weighted by molar-refractivity contribution is 5.61. The van der Waals surface area contributed by atoms with E-state index in [9.17, 15) is 0 Å². The summed E-state index contributed by atoms with van der Waals surface area (Å²) in [5, 5.41) is 3.46. The van der Waals surface area contributed by atoms with Gasteiger partial charge in [0.25, 0.3) is 0 Å². The highest BCUT2D eigenvalue weighted by Gasteiger charge is 2.20. The zero-order valence-corrected chi connectivity index (χ0v) is 10.1. The highest BCUT2D eigenvalue weighted by Crippen LogP contribution is 2.26. The number of hydrogen-bond acceptors (Lipinski definition) is 2. The van der Waals surface area contributed by atoms with Crippen molar-refractivity contribution in [2.24, 2.45) is 0 Å². The summed E-state index contributed by atoms with van der Waals surface area (Å²) >= 11 is 0. The van der Waals surface area contributed by atoms with Crippen LogP contribution in [-0.4, -0.2) is 6.04 Å². The molecule has 1 aliphatic rings. The molecule has 1 aliphatic carbocycles. The zero-order chi connectivity index (χ0) is 11.7. The number of aryl methyl sites for hydroxylation is 1. The summed E-state index contributed by atoms with van der Waals surface area (Å²) < 4.78 is 5.87. The van der Waals surface area contributed by atoms with Gasteiger partial charge in [-0.15, -0.1) is 0 Å². The lowest BCUT2D eigenvalue weighted by molar-refractivity contribution is 0.492. The SMILES string of the molecule is Cc1ccccc1-c1ccc(CNC2CC2)o1. The van der Waals surface area contributed by atoms with Gasteiger partial charge in [-0.1, -0.05) is 24.3 Å². The minimum atomic E-state index is 0.724. The van der Waals surface area contributed by atoms with E-state index in [-0.39, 0.29) is 0 Å². The first-order chi connectivity index (χ1) is 8.33. The lowest BCUT2D eigenvalue weighted by Crippen LogP contribution is -2.14. The molecule has 1 fully saturated rings. The molecule has 0 saturated heterocycles. The van der Waals surface area contributed by atoms with Crippen LogP contribution in [0.3, 0.4) is 0 Å². The number of furan rings is 1. The Hall–Kier alpha value is -1.54. The molecule has 2 nitrogen and oxygen atoms in total. The van der Waals surface area contributed by atoms with Crippen LogP contribution < -0.4 is 5.32 Å². The normalized spacial score (nSPS) is 15.1. The number of nitrogens with one attached hydrogen (secondary N) is 1. The summed E-state index contributed by atoms with van der Waals surface area (Å²) in [6.07, 6.45) is 2.62. The van der Waals surface area contributed by atoms with E-state index >= 15 is 0 Å². The lowest BCUT2D eigenvalue weighted by Gasteiger charge is -2.02. The maximum absolute atomic E-state index is 5.87. The topological polar surface area (TPSA) is 25.2 Å². The molecule has 0 amide bonds. The van der Waals surface area contributed by atoms with E-state index in [0.717, 1.165) is 24.1 Å². The molecule has 2 heteroatoms. The largest absolute Gasteiger partial charge is 0.460 e. The van der Waals surface area contributed by atoms with Crippen molar-refractivity contribution in [1.82, 2.24) is 5.32 Å². The molecule has 88 valence electrons. The second-order valence-electron chi connectivity index (χ2n) is 4.74. The fourth-order valence-electron chi connectivity index (χ4n) is 2.00. The Morgan fingerprint density at radius 2 is 2.00 bits per heavy atom. The Morgan fingerprint density at radius 1 is 1.18 bits per heavy atom. The van der Waals surface area contributed by atoms with Gasteiger partial charge >= 0.3 is 0 Å². The molecule has 0 atom stereocenters. The average Bonchev–Trinajstić information content (AvgIpc) is 3.06. The Kier molecular flexibility index (Phi) is 2.73. The summed E-state index contributed by atoms with van der Waals surface area (Å²) in [6.45, 7) is 2.95. The molecule has 1 aromatic heterocycles. The van der Waals surface area contributed by atoms with Gasteiger partial charge in [-0.2, -0.15) is 0 Å². The van der Waals surface area contributed by atoms with E-state index in [4.69, 9.17) is 4.42 Å². The maximum Gasteiger partial charge on any atom is 0.134 e. The van der Waals surface area contributed by atoms with Crippen LogP contribution in [0.5, 0.6) is 0 Å². The van der Waals surface area contributed by atoms with Crippen LogP contribution in [0, 0.1) is 6.92 Å². The van der Waals surface area contributed by atoms with Gasteiger partial charge in [0.2, 0.25) is 0 Å². The molecule has 1 N–H and O–H groups in total. The minimum Gasteiger partial charge on any atom is -0.460 e. The van der Waals surface area contributed by atoms with Gasteiger partial charge in [-0.05, 0) is 37.5 Å². The van der Waals surface area contributed by atoms with Crippen molar-refractivity contribution >= 4 is 0 Å². The van der Waals surface area contributed by atoms with E-state index in [1.165, 1.54) is 24.0 Å². The third-order valence-corrected chi connectivity index (χ3v) is 3.21. The molecule has 2 aromatic rings. The van der Waals surface area contributed by atoms with Gasteiger partial charge in [0, 0.05) is 11.6 Å². The molecular formula is C15H17NO. The molecule has 0 bridgehead atoms. The summed E-state index contributed by atoms with van der Waals surface area (Å²) in [5.41, 5.74) is 2.44. The summed E-state index contributed by atoms with van der Waals surface area (Å²) in [4.78, 5) is 0. The Bertz CT molecular complexity index is 511. The smallest absolute Gasteiger partial charge is 0.134 e. The number of hydrogen-bond donors (Lipinski definition) is 1. The minimum absolute atomic E-state index is 0.724. The van der Waals surface area contributed by atoms with E-state index in [0.29, 0.717) is 0 Å². The van der Waals surface area contributed by atoms with Crippen molar-refractivity contribution in [2.75, 3.05) is 0 Å². The highest BCUT2D eigenvalue weighted by atomic mass is 16.3. The van der Waals surface area contributed by atoms with Gasteiger partial charge in [0.05, 0.1) is 6.54 Å². The molecule has 0 spiro atoms. The standard InChI is InChI=1S/C15H17NO/c1-11-4-2-3-5-14(11)15-9-8-13(17-15)10-16-12-6-7-12/h2-5,8-9,12,16H,6-7,10H2,1H3. The number of benzene rings is 1. The molecular weight excluding hydrogens is 210 g/mol. The van der Waals surface area contributed by atoms with Crippen molar-refractivity contribution in [3.8, 4) is 11.3 Å². The molecule has 1 saturated carbocycles. The number of rotatable bonds is 4. The molecule has 1 heterocycles. The fourth-order valence-corrected chi connectivity index (χ4v) is 2.00. The van der Waals surface area contributed by atoms with Gasteiger partial charge in [0.1, 0.15) is 11.5 Å². The summed E-state index contributed by atoms with van der Waals surface area (Å²) in [7, 11) is 0. The molecule has 1 aromatic carbocycles. The van der Waals surface area contributed by atoms with Crippen molar-refractivity contribution in [2.45, 2.75) is 32.4 Å². The van der Waals surface area contributed by atoms with Crippen LogP contribution in [-0.2, 0) is 6.54 Å². The second-order valence-corrected chi connectivity index (χ2v) is 4.74. The predicted octanol–water partition coefficient (Wildman–Crippen LogP) is 3.51. The van der Waals surface area contributed by atoms with E-state index in [1.807, 2.05) is 6.07 Å². The summed E-state index contributed by atoms with van der Waals surface area (Å²) in [6, 6.07) is 13.2. The van der Waals surface area contributed by atoms with Crippen molar-refractivity contribution in [1.29, 1.82) is 0 Å². The van der Waals surface area contributed by atoms with E-state index in [1.54, 1.807) is 0 Å². The first-order valence-corrected chi connectivity index (χ1v) is 6.21. The van der Waals surface area contributed by atoms with Gasteiger partial charge in [0.15, 0.2) is 0 Å². The third-order valence-electron chi connectivity index (χ3n) is 3.21. The van der Waals surface area contributed by atoms with Gasteiger partial charge < -0.3 is 9.73 Å². The van der Waals surface area contributed by atoms with Crippen LogP contribution >= 0.6 is 0 Å². The molecule has 0 unspecified atom stereocenters. The van der Waals surface area contributed by atoms with Crippen LogP contribution in [0.4, 0.5) is 0 Å². The van der Waals surface area contributed by atoms with Crippen LogP contribution in [0.1, 0.15) is 24.2 Å². The lowest BCUT2D eigenvalue weighted by atomic mass is 10.1. The van der Waals surface area contributed by atoms with Crippen molar-refractivity contribution in [3.63, 3.8) is 0 Å². The zero-order valence-electron chi connectivity index (χ0n) is 10.1. The Morgan fingerprint density at radius 3 is 2.76 bits per heavy atom. The van der Waals surface area contributed by atoms with E-state index in [2.05, 4.69) is 42.6 Å². The third kappa shape index (κ3) is 2.42. The molecule has 0 radical (unpaired) electrons. The van der Waals surface area contributed by atoms with Crippen LogP contribution in [0.25, 0.3) is 11.3 Å².